The van der Waals surface area contributed by atoms with E-state index >= 15 is 0 Å². The van der Waals surface area contributed by atoms with Gasteiger partial charge in [0.25, 0.3) is 0 Å². The Morgan fingerprint density at radius 1 is 1.21 bits per heavy atom. The van der Waals surface area contributed by atoms with Crippen LogP contribution in [0.3, 0.4) is 0 Å². The summed E-state index contributed by atoms with van der Waals surface area (Å²) in [6, 6.07) is 4.25. The first-order chi connectivity index (χ1) is 6.50. The maximum atomic E-state index is 4.16. The van der Waals surface area contributed by atoms with Crippen LogP contribution in [0, 0.1) is 6.92 Å². The fourth-order valence-corrected chi connectivity index (χ4v) is 1.62. The maximum Gasteiger partial charge on any atom is 0.164 e. The van der Waals surface area contributed by atoms with Crippen LogP contribution >= 0.6 is 0 Å². The third-order valence-corrected chi connectivity index (χ3v) is 2.47. The molecule has 0 unspecified atom stereocenters. The molecule has 0 N–H and O–H groups in total. The van der Waals surface area contributed by atoms with Crippen LogP contribution in [0.25, 0.3) is 5.65 Å². The normalized spacial score (nSPS) is 12.3. The highest BCUT2D eigenvalue weighted by Gasteiger charge is 2.18. The molecule has 0 aliphatic carbocycles. The lowest BCUT2D eigenvalue weighted by Crippen LogP contribution is -2.13. The number of hydrogen-bond acceptors (Lipinski definition) is 2. The summed E-state index contributed by atoms with van der Waals surface area (Å²) in [4.78, 5) is 0. The highest BCUT2D eigenvalue weighted by Crippen LogP contribution is 2.25. The zero-order valence-electron chi connectivity index (χ0n) is 9.07. The molecule has 0 aliphatic rings. The number of rotatable bonds is 0. The van der Waals surface area contributed by atoms with Crippen molar-refractivity contribution in [3.8, 4) is 0 Å². The van der Waals surface area contributed by atoms with Gasteiger partial charge in [-0.25, -0.2) is 0 Å². The first-order valence-corrected chi connectivity index (χ1v) is 4.80. The molecule has 3 nitrogen and oxygen atoms in total. The molecule has 0 saturated carbocycles. The van der Waals surface area contributed by atoms with Crippen LogP contribution in [0.2, 0.25) is 0 Å². The lowest BCUT2D eigenvalue weighted by atomic mass is 9.87. The first kappa shape index (κ1) is 9.19. The molecule has 0 aliphatic heterocycles. The van der Waals surface area contributed by atoms with Gasteiger partial charge in [0.1, 0.15) is 6.33 Å². The van der Waals surface area contributed by atoms with Gasteiger partial charge < -0.3 is 0 Å². The lowest BCUT2D eigenvalue weighted by molar-refractivity contribution is 0.591. The number of pyridine rings is 1. The van der Waals surface area contributed by atoms with E-state index in [1.54, 1.807) is 6.33 Å². The van der Waals surface area contributed by atoms with Gasteiger partial charge in [0.2, 0.25) is 0 Å². The molecule has 0 radical (unpaired) electrons. The van der Waals surface area contributed by atoms with Gasteiger partial charge >= 0.3 is 0 Å². The van der Waals surface area contributed by atoms with Gasteiger partial charge in [-0.1, -0.05) is 26.8 Å². The minimum absolute atomic E-state index is 0.113. The van der Waals surface area contributed by atoms with Gasteiger partial charge in [-0.2, -0.15) is 0 Å². The zero-order chi connectivity index (χ0) is 10.3. The van der Waals surface area contributed by atoms with Crippen LogP contribution in [0.15, 0.2) is 18.5 Å². The molecule has 2 heterocycles. The largest absolute Gasteiger partial charge is 0.286 e. The van der Waals surface area contributed by atoms with E-state index in [4.69, 9.17) is 0 Å². The van der Waals surface area contributed by atoms with Gasteiger partial charge in [-0.15, -0.1) is 10.2 Å². The Bertz CT molecular complexity index is 463. The minimum atomic E-state index is 0.113. The number of aryl methyl sites for hydroxylation is 1. The van der Waals surface area contributed by atoms with Crippen LogP contribution in [-0.2, 0) is 5.41 Å². The van der Waals surface area contributed by atoms with Crippen LogP contribution < -0.4 is 0 Å². The van der Waals surface area contributed by atoms with Crippen LogP contribution in [-0.4, -0.2) is 14.6 Å². The summed E-state index contributed by atoms with van der Waals surface area (Å²) in [5.74, 6) is 0. The molecule has 2 rings (SSSR count). The van der Waals surface area contributed by atoms with Crippen LogP contribution in [0.4, 0.5) is 0 Å². The van der Waals surface area contributed by atoms with Gasteiger partial charge in [0, 0.05) is 11.3 Å². The Balaban J connectivity index is 2.80. The Hall–Kier alpha value is -1.38. The second-order valence-corrected chi connectivity index (χ2v) is 4.66. The van der Waals surface area contributed by atoms with Crippen molar-refractivity contribution in [1.82, 2.24) is 14.6 Å². The third-order valence-electron chi connectivity index (χ3n) is 2.47. The van der Waals surface area contributed by atoms with Crippen LogP contribution in [0.1, 0.15) is 32.0 Å². The van der Waals surface area contributed by atoms with Crippen molar-refractivity contribution >= 4 is 5.65 Å². The monoisotopic (exact) mass is 189 g/mol. The van der Waals surface area contributed by atoms with Crippen molar-refractivity contribution in [2.75, 3.05) is 0 Å². The van der Waals surface area contributed by atoms with Crippen molar-refractivity contribution in [2.45, 2.75) is 33.1 Å². The van der Waals surface area contributed by atoms with Crippen molar-refractivity contribution in [1.29, 1.82) is 0 Å². The summed E-state index contributed by atoms with van der Waals surface area (Å²) in [7, 11) is 0. The molecule has 0 spiro atoms. The van der Waals surface area contributed by atoms with E-state index in [1.165, 1.54) is 5.56 Å². The summed E-state index contributed by atoms with van der Waals surface area (Å²) in [6.45, 7) is 8.62. The highest BCUT2D eigenvalue weighted by atomic mass is 15.2. The van der Waals surface area contributed by atoms with E-state index in [0.717, 1.165) is 11.3 Å². The lowest BCUT2D eigenvalue weighted by Gasteiger charge is -2.19. The fraction of sp³-hybridized carbons (Fsp3) is 0.455. The molecule has 0 aromatic carbocycles. The number of aromatic nitrogens is 3. The van der Waals surface area contributed by atoms with E-state index in [9.17, 15) is 0 Å². The predicted octanol–water partition coefficient (Wildman–Crippen LogP) is 2.34. The van der Waals surface area contributed by atoms with E-state index in [1.807, 2.05) is 4.40 Å². The number of nitrogens with zero attached hydrogens (tertiary/aromatic N) is 3. The minimum Gasteiger partial charge on any atom is -0.286 e. The molecule has 14 heavy (non-hydrogen) atoms. The average molecular weight is 189 g/mol. The second-order valence-electron chi connectivity index (χ2n) is 4.66. The van der Waals surface area contributed by atoms with E-state index in [0.29, 0.717) is 0 Å². The zero-order valence-corrected chi connectivity index (χ0v) is 9.07. The summed E-state index contributed by atoms with van der Waals surface area (Å²) in [6.07, 6.45) is 1.76. The summed E-state index contributed by atoms with van der Waals surface area (Å²) < 4.78 is 2.03. The van der Waals surface area contributed by atoms with E-state index in [2.05, 4.69) is 50.0 Å². The van der Waals surface area contributed by atoms with Gasteiger partial charge in [-0.3, -0.25) is 4.40 Å². The molecular weight excluding hydrogens is 174 g/mol. The Morgan fingerprint density at radius 3 is 2.57 bits per heavy atom. The quantitative estimate of drug-likeness (QED) is 0.636. The summed E-state index contributed by atoms with van der Waals surface area (Å²) >= 11 is 0. The van der Waals surface area contributed by atoms with Crippen molar-refractivity contribution < 1.29 is 0 Å². The van der Waals surface area contributed by atoms with Crippen molar-refractivity contribution in [3.05, 3.63) is 29.7 Å². The molecule has 0 amide bonds. The maximum absolute atomic E-state index is 4.16. The SMILES string of the molecule is Cc1ccc(C(C)(C)C)c2nncn12. The average Bonchev–Trinajstić information content (AvgIpc) is 2.50. The molecular formula is C11H15N3. The molecule has 0 saturated heterocycles. The Labute approximate surface area is 83.8 Å². The Kier molecular flexibility index (Phi) is 1.84. The number of fused-ring (bicyclic) bond motifs is 1. The summed E-state index contributed by atoms with van der Waals surface area (Å²) in [5, 5.41) is 8.11. The fourth-order valence-electron chi connectivity index (χ4n) is 1.62. The van der Waals surface area contributed by atoms with Crippen molar-refractivity contribution in [3.63, 3.8) is 0 Å². The molecule has 0 fully saturated rings. The third kappa shape index (κ3) is 1.29. The predicted molar refractivity (Wildman–Crippen MR) is 56.4 cm³/mol. The molecule has 3 heteroatoms. The standard InChI is InChI=1S/C11H15N3/c1-8-5-6-9(11(2,3)4)10-13-12-7-14(8)10/h5-7H,1-4H3. The van der Waals surface area contributed by atoms with Gasteiger partial charge in [-0.05, 0) is 18.4 Å². The topological polar surface area (TPSA) is 30.2 Å². The first-order valence-electron chi connectivity index (χ1n) is 4.80. The molecule has 2 aromatic rings. The highest BCUT2D eigenvalue weighted by molar-refractivity contribution is 5.51. The number of hydrogen-bond donors (Lipinski definition) is 0. The molecule has 0 atom stereocenters. The van der Waals surface area contributed by atoms with Gasteiger partial charge in [0.15, 0.2) is 5.65 Å². The van der Waals surface area contributed by atoms with Crippen molar-refractivity contribution in [2.24, 2.45) is 0 Å². The Morgan fingerprint density at radius 2 is 1.93 bits per heavy atom. The molecule has 0 bridgehead atoms. The van der Waals surface area contributed by atoms with Crippen LogP contribution in [0.5, 0.6) is 0 Å². The second kappa shape index (κ2) is 2.80. The van der Waals surface area contributed by atoms with E-state index in [-0.39, 0.29) is 5.41 Å². The summed E-state index contributed by atoms with van der Waals surface area (Å²) in [5.41, 5.74) is 3.48. The van der Waals surface area contributed by atoms with E-state index < -0.39 is 0 Å². The molecule has 2 aromatic heterocycles. The molecule has 74 valence electrons. The smallest absolute Gasteiger partial charge is 0.164 e. The van der Waals surface area contributed by atoms with Gasteiger partial charge in [0.05, 0.1) is 0 Å².